The van der Waals surface area contributed by atoms with Crippen molar-refractivity contribution >= 4 is 39.3 Å². The highest BCUT2D eigenvalue weighted by atomic mass is 16.5. The summed E-state index contributed by atoms with van der Waals surface area (Å²) < 4.78 is 17.4. The summed E-state index contributed by atoms with van der Waals surface area (Å²) in [4.78, 5) is 21.9. The van der Waals surface area contributed by atoms with E-state index in [2.05, 4.69) is 94.4 Å². The molecule has 4 aromatic rings. The Morgan fingerprint density at radius 1 is 0.786 bits per heavy atom. The maximum absolute atomic E-state index is 11.8. The van der Waals surface area contributed by atoms with Crippen molar-refractivity contribution in [1.29, 1.82) is 0 Å². The molecule has 0 N–H and O–H groups in total. The Bertz CT molecular complexity index is 1720. The standard InChI is InChI=1S/C36H38N2O4/c1-21(2)30-19-41-35(37-30)28-15-12-24-8-6-7-9-26(24)33(28)34-27-14-10-23(11-17-32(39)40-5)18-25(27)13-16-29(34)36-38-31(20-42-36)22(3)4/h6-10,12-16,18,21-22,30-31H,11,17,19-20H2,1-5H3/t30-,31-/m1/s1. The Labute approximate surface area is 247 Å². The molecule has 0 amide bonds. The number of hydrogen-bond acceptors (Lipinski definition) is 6. The molecule has 6 heteroatoms. The van der Waals surface area contributed by atoms with Crippen LogP contribution in [0, 0.1) is 11.8 Å². The van der Waals surface area contributed by atoms with Crippen molar-refractivity contribution in [3.63, 3.8) is 0 Å². The van der Waals surface area contributed by atoms with E-state index in [0.717, 1.165) is 49.4 Å². The zero-order valence-corrected chi connectivity index (χ0v) is 25.0. The fraction of sp³-hybridized carbons (Fsp3) is 0.361. The lowest BCUT2D eigenvalue weighted by atomic mass is 9.86. The van der Waals surface area contributed by atoms with Crippen LogP contribution in [0.3, 0.4) is 0 Å². The van der Waals surface area contributed by atoms with Crippen LogP contribution in [0.5, 0.6) is 0 Å². The van der Waals surface area contributed by atoms with Gasteiger partial charge in [0.15, 0.2) is 0 Å². The third-order valence-electron chi connectivity index (χ3n) is 8.46. The lowest BCUT2D eigenvalue weighted by Gasteiger charge is -2.19. The van der Waals surface area contributed by atoms with Crippen molar-refractivity contribution in [2.45, 2.75) is 52.6 Å². The zero-order chi connectivity index (χ0) is 29.4. The van der Waals surface area contributed by atoms with Crippen molar-refractivity contribution < 1.29 is 19.0 Å². The minimum absolute atomic E-state index is 0.116. The van der Waals surface area contributed by atoms with Gasteiger partial charge < -0.3 is 14.2 Å². The summed E-state index contributed by atoms with van der Waals surface area (Å²) in [6, 6.07) is 23.7. The second-order valence-corrected chi connectivity index (χ2v) is 11.9. The molecule has 0 aromatic heterocycles. The molecule has 6 rings (SSSR count). The number of fused-ring (bicyclic) bond motifs is 2. The molecule has 6 nitrogen and oxygen atoms in total. The fourth-order valence-corrected chi connectivity index (χ4v) is 5.81. The van der Waals surface area contributed by atoms with Gasteiger partial charge in [0.05, 0.1) is 19.2 Å². The fourth-order valence-electron chi connectivity index (χ4n) is 5.81. The SMILES string of the molecule is COC(=O)CCc1ccc2c(-c3c(C4=N[C@@H](C(C)C)CO4)ccc4ccccc34)c(C3=N[C@@H](C(C)C)CO3)ccc2c1. The molecule has 0 saturated carbocycles. The summed E-state index contributed by atoms with van der Waals surface area (Å²) in [5.74, 6) is 1.91. The van der Waals surface area contributed by atoms with Crippen LogP contribution >= 0.6 is 0 Å². The van der Waals surface area contributed by atoms with Gasteiger partial charge in [0.1, 0.15) is 13.2 Å². The van der Waals surface area contributed by atoms with Gasteiger partial charge in [-0.2, -0.15) is 0 Å². The summed E-state index contributed by atoms with van der Waals surface area (Å²) in [5, 5.41) is 4.44. The highest BCUT2D eigenvalue weighted by Gasteiger charge is 2.30. The Morgan fingerprint density at radius 3 is 1.93 bits per heavy atom. The first kappa shape index (κ1) is 28.0. The summed E-state index contributed by atoms with van der Waals surface area (Å²) >= 11 is 0. The predicted molar refractivity (Wildman–Crippen MR) is 169 cm³/mol. The Hall–Kier alpha value is -4.19. The number of ether oxygens (including phenoxy) is 3. The van der Waals surface area contributed by atoms with Crippen LogP contribution in [0.2, 0.25) is 0 Å². The van der Waals surface area contributed by atoms with Gasteiger partial charge in [0.25, 0.3) is 0 Å². The van der Waals surface area contributed by atoms with E-state index in [1.165, 1.54) is 7.11 Å². The monoisotopic (exact) mass is 562 g/mol. The van der Waals surface area contributed by atoms with Gasteiger partial charge in [-0.15, -0.1) is 0 Å². The van der Waals surface area contributed by atoms with Crippen LogP contribution in [0.4, 0.5) is 0 Å². The predicted octanol–water partition coefficient (Wildman–Crippen LogP) is 7.37. The number of benzene rings is 4. The second-order valence-electron chi connectivity index (χ2n) is 11.9. The maximum atomic E-state index is 11.8. The number of rotatable bonds is 8. The molecule has 4 aromatic carbocycles. The molecule has 216 valence electrons. The highest BCUT2D eigenvalue weighted by Crippen LogP contribution is 2.41. The largest absolute Gasteiger partial charge is 0.475 e. The van der Waals surface area contributed by atoms with Crippen LogP contribution < -0.4 is 0 Å². The molecule has 0 unspecified atom stereocenters. The van der Waals surface area contributed by atoms with Crippen molar-refractivity contribution in [2.75, 3.05) is 20.3 Å². The van der Waals surface area contributed by atoms with E-state index in [1.807, 2.05) is 0 Å². The van der Waals surface area contributed by atoms with Gasteiger partial charge in [-0.1, -0.05) is 82.3 Å². The Balaban J connectivity index is 1.62. The van der Waals surface area contributed by atoms with Gasteiger partial charge in [0.2, 0.25) is 11.8 Å². The van der Waals surface area contributed by atoms with E-state index >= 15 is 0 Å². The van der Waals surface area contributed by atoms with Gasteiger partial charge in [-0.05, 0) is 57.5 Å². The van der Waals surface area contributed by atoms with Crippen molar-refractivity contribution in [3.05, 3.63) is 83.4 Å². The van der Waals surface area contributed by atoms with Gasteiger partial charge in [-0.3, -0.25) is 4.79 Å². The first-order valence-corrected chi connectivity index (χ1v) is 14.9. The van der Waals surface area contributed by atoms with E-state index in [4.69, 9.17) is 24.2 Å². The smallest absolute Gasteiger partial charge is 0.305 e. The molecule has 2 atom stereocenters. The number of esters is 1. The topological polar surface area (TPSA) is 69.5 Å². The van der Waals surface area contributed by atoms with Crippen LogP contribution in [-0.4, -0.2) is 50.2 Å². The lowest BCUT2D eigenvalue weighted by Crippen LogP contribution is -2.13. The maximum Gasteiger partial charge on any atom is 0.305 e. The molecule has 0 radical (unpaired) electrons. The first-order chi connectivity index (χ1) is 20.3. The summed E-state index contributed by atoms with van der Waals surface area (Å²) in [6.45, 7) is 9.89. The minimum atomic E-state index is -0.209. The Kier molecular flexibility index (Phi) is 7.72. The van der Waals surface area contributed by atoms with Crippen LogP contribution in [0.1, 0.15) is 50.8 Å². The molecular formula is C36H38N2O4. The normalized spacial score (nSPS) is 18.4. The van der Waals surface area contributed by atoms with E-state index in [9.17, 15) is 4.79 Å². The lowest BCUT2D eigenvalue weighted by molar-refractivity contribution is -0.140. The average Bonchev–Trinajstić information content (AvgIpc) is 3.70. The van der Waals surface area contributed by atoms with Gasteiger partial charge >= 0.3 is 5.97 Å². The summed E-state index contributed by atoms with van der Waals surface area (Å²) in [5.41, 5.74) is 5.14. The third-order valence-corrected chi connectivity index (χ3v) is 8.46. The van der Waals surface area contributed by atoms with Crippen LogP contribution in [0.15, 0.2) is 76.7 Å². The van der Waals surface area contributed by atoms with Crippen molar-refractivity contribution in [3.8, 4) is 11.1 Å². The van der Waals surface area contributed by atoms with Gasteiger partial charge in [-0.25, -0.2) is 9.98 Å². The van der Waals surface area contributed by atoms with Gasteiger partial charge in [0, 0.05) is 28.7 Å². The van der Waals surface area contributed by atoms with Crippen LogP contribution in [-0.2, 0) is 25.4 Å². The summed E-state index contributed by atoms with van der Waals surface area (Å²) in [7, 11) is 1.43. The number of carbonyl (C=O) groups is 1. The van der Waals surface area contributed by atoms with E-state index in [-0.39, 0.29) is 18.1 Å². The number of carbonyl (C=O) groups excluding carboxylic acids is 1. The molecule has 0 spiro atoms. The Morgan fingerprint density at radius 2 is 1.36 bits per heavy atom. The summed E-state index contributed by atoms with van der Waals surface area (Å²) in [6.07, 6.45) is 0.960. The number of aliphatic imine (C=N–C) groups is 2. The molecule has 2 heterocycles. The van der Waals surface area contributed by atoms with Crippen molar-refractivity contribution in [2.24, 2.45) is 21.8 Å². The average molecular weight is 563 g/mol. The molecule has 2 aliphatic heterocycles. The highest BCUT2D eigenvalue weighted by molar-refractivity contribution is 6.19. The second kappa shape index (κ2) is 11.6. The first-order valence-electron chi connectivity index (χ1n) is 14.9. The molecule has 0 fully saturated rings. The van der Waals surface area contributed by atoms with Crippen LogP contribution in [0.25, 0.3) is 32.7 Å². The zero-order valence-electron chi connectivity index (χ0n) is 25.0. The molecule has 42 heavy (non-hydrogen) atoms. The number of nitrogens with zero attached hydrogens (tertiary/aromatic N) is 2. The number of aryl methyl sites for hydroxylation is 1. The number of hydrogen-bond donors (Lipinski definition) is 0. The quantitative estimate of drug-likeness (QED) is 0.210. The molecule has 0 saturated heterocycles. The molecule has 2 aliphatic rings. The van der Waals surface area contributed by atoms with E-state index < -0.39 is 0 Å². The van der Waals surface area contributed by atoms with E-state index in [1.54, 1.807) is 0 Å². The van der Waals surface area contributed by atoms with Crippen molar-refractivity contribution in [1.82, 2.24) is 0 Å². The number of methoxy groups -OCH3 is 1. The molecular weight excluding hydrogens is 524 g/mol. The minimum Gasteiger partial charge on any atom is -0.475 e. The molecule has 0 aliphatic carbocycles. The third kappa shape index (κ3) is 5.26. The van der Waals surface area contributed by atoms with E-state index in [0.29, 0.717) is 49.7 Å². The molecule has 0 bridgehead atoms.